The number of allylic oxidation sites excluding steroid dienone is 4. The van der Waals surface area contributed by atoms with E-state index in [9.17, 15) is 34.7 Å². The van der Waals surface area contributed by atoms with E-state index in [0.29, 0.717) is 19.3 Å². The van der Waals surface area contributed by atoms with Crippen LogP contribution in [0, 0.1) is 38.7 Å². The Morgan fingerprint density at radius 3 is 2.72 bits per heavy atom. The number of fused-ring (bicyclic) bond motifs is 5. The summed E-state index contributed by atoms with van der Waals surface area (Å²) >= 11 is 0. The fraction of sp³-hybridized carbons (Fsp3) is 0.720. The molecule has 4 aliphatic rings. The molecule has 4 rings (SSSR count). The molecular formula is C25H33NO10. The molecule has 0 spiro atoms. The van der Waals surface area contributed by atoms with E-state index in [-0.39, 0.29) is 49.6 Å². The van der Waals surface area contributed by atoms with Crippen LogP contribution in [0.3, 0.4) is 0 Å². The smallest absolute Gasteiger partial charge is 0.332 e. The van der Waals surface area contributed by atoms with Crippen LogP contribution in [-0.2, 0) is 28.7 Å². The zero-order valence-electron chi connectivity index (χ0n) is 20.5. The molecule has 11 heteroatoms. The van der Waals surface area contributed by atoms with Crippen molar-refractivity contribution in [2.24, 2.45) is 28.6 Å². The van der Waals surface area contributed by atoms with Gasteiger partial charge in [-0.15, -0.1) is 10.1 Å². The SMILES string of the molecule is C[C@]12C=CC(=O)CC1=CC[C@@H]1[C@@H]2[C@@H](O)C[C@@]2(C)[C@H]1CC[C@]2(O)C(=O)COC(=O)COCCO[N+](=O)[O-]. The number of carbonyl (C=O) groups excluding carboxylic acids is 3. The van der Waals surface area contributed by atoms with Gasteiger partial charge in [0.1, 0.15) is 18.8 Å². The second kappa shape index (κ2) is 9.68. The van der Waals surface area contributed by atoms with Gasteiger partial charge < -0.3 is 24.5 Å². The van der Waals surface area contributed by atoms with Crippen molar-refractivity contribution in [2.75, 3.05) is 26.4 Å². The van der Waals surface area contributed by atoms with Gasteiger partial charge in [0.15, 0.2) is 12.4 Å². The zero-order valence-corrected chi connectivity index (χ0v) is 20.5. The molecule has 2 saturated carbocycles. The summed E-state index contributed by atoms with van der Waals surface area (Å²) in [6.07, 6.45) is 6.87. The Kier molecular flexibility index (Phi) is 7.11. The normalized spacial score (nSPS) is 38.9. The lowest BCUT2D eigenvalue weighted by atomic mass is 9.47. The molecule has 11 nitrogen and oxygen atoms in total. The van der Waals surface area contributed by atoms with E-state index in [1.807, 2.05) is 13.0 Å². The van der Waals surface area contributed by atoms with E-state index in [0.717, 1.165) is 5.57 Å². The van der Waals surface area contributed by atoms with Crippen LogP contribution in [0.4, 0.5) is 0 Å². The third kappa shape index (κ3) is 4.37. The summed E-state index contributed by atoms with van der Waals surface area (Å²) in [6.45, 7) is 2.20. The number of ketones is 2. The molecule has 0 aromatic carbocycles. The van der Waals surface area contributed by atoms with Crippen LogP contribution in [0.1, 0.15) is 46.0 Å². The quantitative estimate of drug-likeness (QED) is 0.153. The Morgan fingerprint density at radius 2 is 2.00 bits per heavy atom. The highest BCUT2D eigenvalue weighted by atomic mass is 17.0. The number of Topliss-reactive ketones (excluding diaryl/α,β-unsaturated/α-hetero) is 1. The van der Waals surface area contributed by atoms with E-state index >= 15 is 0 Å². The number of carbonyl (C=O) groups is 3. The predicted octanol–water partition coefficient (Wildman–Crippen LogP) is 1.33. The van der Waals surface area contributed by atoms with Crippen molar-refractivity contribution in [3.05, 3.63) is 33.9 Å². The van der Waals surface area contributed by atoms with Gasteiger partial charge in [0, 0.05) is 23.2 Å². The van der Waals surface area contributed by atoms with Crippen molar-refractivity contribution in [3.63, 3.8) is 0 Å². The van der Waals surface area contributed by atoms with Crippen molar-refractivity contribution in [2.45, 2.75) is 57.7 Å². The molecule has 0 heterocycles. The second-order valence-corrected chi connectivity index (χ2v) is 10.8. The predicted molar refractivity (Wildman–Crippen MR) is 123 cm³/mol. The lowest BCUT2D eigenvalue weighted by Gasteiger charge is -2.58. The Balaban J connectivity index is 1.42. The molecule has 0 aromatic rings. The fourth-order valence-corrected chi connectivity index (χ4v) is 7.33. The number of nitrogens with zero attached hydrogens (tertiary/aromatic N) is 1. The van der Waals surface area contributed by atoms with Crippen LogP contribution in [-0.4, -0.2) is 71.0 Å². The van der Waals surface area contributed by atoms with Gasteiger partial charge in [-0.2, -0.15) is 0 Å². The molecule has 0 radical (unpaired) electrons. The van der Waals surface area contributed by atoms with Gasteiger partial charge in [-0.1, -0.05) is 31.6 Å². The van der Waals surface area contributed by atoms with Crippen LogP contribution in [0.25, 0.3) is 0 Å². The van der Waals surface area contributed by atoms with Gasteiger partial charge in [-0.3, -0.25) is 9.59 Å². The fourth-order valence-electron chi connectivity index (χ4n) is 7.33. The maximum absolute atomic E-state index is 13.2. The molecule has 198 valence electrons. The molecule has 0 saturated heterocycles. The Labute approximate surface area is 208 Å². The van der Waals surface area contributed by atoms with Crippen LogP contribution in [0.2, 0.25) is 0 Å². The zero-order chi connectivity index (χ0) is 26.3. The molecule has 4 aliphatic carbocycles. The lowest BCUT2D eigenvalue weighted by Crippen LogP contribution is -2.61. The highest BCUT2D eigenvalue weighted by molar-refractivity contribution is 5.93. The minimum absolute atomic E-state index is 0.0267. The minimum Gasteiger partial charge on any atom is -0.456 e. The monoisotopic (exact) mass is 507 g/mol. The maximum Gasteiger partial charge on any atom is 0.332 e. The summed E-state index contributed by atoms with van der Waals surface area (Å²) in [7, 11) is 0. The van der Waals surface area contributed by atoms with Gasteiger partial charge >= 0.3 is 5.97 Å². The third-order valence-electron chi connectivity index (χ3n) is 9.08. The molecule has 0 aromatic heterocycles. The highest BCUT2D eigenvalue weighted by Crippen LogP contribution is 2.66. The molecule has 2 fully saturated rings. The van der Waals surface area contributed by atoms with Gasteiger partial charge in [0.05, 0.1) is 12.7 Å². The minimum atomic E-state index is -1.76. The van der Waals surface area contributed by atoms with Gasteiger partial charge in [-0.05, 0) is 43.6 Å². The Bertz CT molecular complexity index is 1010. The standard InChI is InChI=1S/C25H33NO10/c1-23-7-5-16(27)11-15(23)3-4-17-18-6-8-25(31,24(18,2)12-19(28)22(17)23)20(29)13-35-21(30)14-34-9-10-36-26(32)33/h3,5,7,17-19,22,28,31H,4,6,8-14H2,1-2H3/t17-,18-,19-,22+,23-,24-,25-/m0/s1. The van der Waals surface area contributed by atoms with Crippen LogP contribution in [0.15, 0.2) is 23.8 Å². The second-order valence-electron chi connectivity index (χ2n) is 10.8. The summed E-state index contributed by atoms with van der Waals surface area (Å²) in [5.74, 6) is -1.52. The number of ether oxygens (including phenoxy) is 2. The van der Waals surface area contributed by atoms with Crippen molar-refractivity contribution in [1.29, 1.82) is 0 Å². The average Bonchev–Trinajstić information content (AvgIpc) is 3.08. The molecule has 36 heavy (non-hydrogen) atoms. The van der Waals surface area contributed by atoms with E-state index < -0.39 is 52.6 Å². The molecule has 0 aliphatic heterocycles. The number of aliphatic hydroxyl groups excluding tert-OH is 1. The molecule has 0 unspecified atom stereocenters. The van der Waals surface area contributed by atoms with Crippen LogP contribution >= 0.6 is 0 Å². The number of hydrogen-bond acceptors (Lipinski definition) is 10. The first kappa shape index (κ1) is 26.4. The summed E-state index contributed by atoms with van der Waals surface area (Å²) < 4.78 is 9.93. The van der Waals surface area contributed by atoms with Crippen molar-refractivity contribution in [3.8, 4) is 0 Å². The lowest BCUT2D eigenvalue weighted by molar-refractivity contribution is -0.758. The first-order valence-corrected chi connectivity index (χ1v) is 12.3. The summed E-state index contributed by atoms with van der Waals surface area (Å²) in [5, 5.41) is 32.1. The topological polar surface area (TPSA) is 163 Å². The largest absolute Gasteiger partial charge is 0.456 e. The number of hydrogen-bond donors (Lipinski definition) is 2. The molecule has 0 amide bonds. The number of esters is 1. The Morgan fingerprint density at radius 1 is 1.25 bits per heavy atom. The van der Waals surface area contributed by atoms with Crippen molar-refractivity contribution in [1.82, 2.24) is 0 Å². The first-order valence-electron chi connectivity index (χ1n) is 12.3. The highest BCUT2D eigenvalue weighted by Gasteiger charge is 2.67. The van der Waals surface area contributed by atoms with E-state index in [1.54, 1.807) is 6.08 Å². The maximum atomic E-state index is 13.2. The van der Waals surface area contributed by atoms with E-state index in [1.165, 1.54) is 0 Å². The van der Waals surface area contributed by atoms with Crippen LogP contribution in [0.5, 0.6) is 0 Å². The van der Waals surface area contributed by atoms with Crippen LogP contribution < -0.4 is 0 Å². The van der Waals surface area contributed by atoms with E-state index in [4.69, 9.17) is 9.47 Å². The van der Waals surface area contributed by atoms with Gasteiger partial charge in [0.25, 0.3) is 5.09 Å². The summed E-state index contributed by atoms with van der Waals surface area (Å²) in [6, 6.07) is 0. The number of aliphatic hydroxyl groups is 2. The third-order valence-corrected chi connectivity index (χ3v) is 9.08. The van der Waals surface area contributed by atoms with Gasteiger partial charge in [0.2, 0.25) is 5.78 Å². The molecular weight excluding hydrogens is 474 g/mol. The van der Waals surface area contributed by atoms with Crippen molar-refractivity contribution >= 4 is 17.5 Å². The summed E-state index contributed by atoms with van der Waals surface area (Å²) in [5.41, 5.74) is -2.07. The Hall–Kier alpha value is -2.63. The molecule has 2 N–H and O–H groups in total. The average molecular weight is 508 g/mol. The van der Waals surface area contributed by atoms with E-state index in [2.05, 4.69) is 17.8 Å². The van der Waals surface area contributed by atoms with Gasteiger partial charge in [-0.25, -0.2) is 4.79 Å². The molecule has 0 bridgehead atoms. The first-order chi connectivity index (χ1) is 16.9. The summed E-state index contributed by atoms with van der Waals surface area (Å²) in [4.78, 5) is 51.2. The molecule has 7 atom stereocenters. The number of rotatable bonds is 9. The van der Waals surface area contributed by atoms with Crippen molar-refractivity contribution < 1.29 is 44.0 Å².